The molecule has 1 aromatic heterocycles. The van der Waals surface area contributed by atoms with Gasteiger partial charge in [-0.2, -0.15) is 0 Å². The van der Waals surface area contributed by atoms with Crippen molar-refractivity contribution in [3.8, 4) is 0 Å². The maximum atomic E-state index is 4.42. The van der Waals surface area contributed by atoms with Gasteiger partial charge in [0.2, 0.25) is 0 Å². The Kier molecular flexibility index (Phi) is 2.65. The molecule has 0 amide bonds. The second kappa shape index (κ2) is 3.76. The van der Waals surface area contributed by atoms with Crippen molar-refractivity contribution in [2.45, 2.75) is 38.1 Å². The summed E-state index contributed by atoms with van der Waals surface area (Å²) in [4.78, 5) is 4.42. The molecular weight excluding hydrogens is 180 g/mol. The van der Waals surface area contributed by atoms with Gasteiger partial charge in [-0.1, -0.05) is 6.92 Å². The van der Waals surface area contributed by atoms with E-state index < -0.39 is 0 Å². The first-order valence-corrected chi connectivity index (χ1v) is 5.90. The van der Waals surface area contributed by atoms with Crippen molar-refractivity contribution in [1.82, 2.24) is 10.3 Å². The van der Waals surface area contributed by atoms with Crippen LogP contribution in [0.4, 0.5) is 0 Å². The predicted octanol–water partition coefficient (Wildman–Crippen LogP) is 2.52. The summed E-state index contributed by atoms with van der Waals surface area (Å²) in [6, 6.07) is 0. The number of hydrogen-bond donors (Lipinski definition) is 1. The van der Waals surface area contributed by atoms with Gasteiger partial charge in [-0.25, -0.2) is 4.98 Å². The van der Waals surface area contributed by atoms with E-state index in [0.717, 1.165) is 6.54 Å². The van der Waals surface area contributed by atoms with Gasteiger partial charge in [0.1, 0.15) is 5.01 Å². The van der Waals surface area contributed by atoms with E-state index in [-0.39, 0.29) is 5.54 Å². The summed E-state index contributed by atoms with van der Waals surface area (Å²) in [7, 11) is 0. The van der Waals surface area contributed by atoms with Crippen molar-refractivity contribution < 1.29 is 0 Å². The number of thiazole rings is 1. The van der Waals surface area contributed by atoms with E-state index in [9.17, 15) is 0 Å². The van der Waals surface area contributed by atoms with Gasteiger partial charge in [0.05, 0.1) is 5.54 Å². The zero-order valence-electron chi connectivity index (χ0n) is 8.05. The van der Waals surface area contributed by atoms with Crippen LogP contribution in [0.3, 0.4) is 0 Å². The average molecular weight is 196 g/mol. The summed E-state index contributed by atoms with van der Waals surface area (Å²) in [6.45, 7) is 3.32. The van der Waals surface area contributed by atoms with Crippen molar-refractivity contribution in [3.05, 3.63) is 16.6 Å². The van der Waals surface area contributed by atoms with Crippen molar-refractivity contribution in [3.63, 3.8) is 0 Å². The summed E-state index contributed by atoms with van der Waals surface area (Å²) >= 11 is 1.78. The molecule has 1 aromatic rings. The lowest BCUT2D eigenvalue weighted by atomic mass is 9.77. The van der Waals surface area contributed by atoms with Crippen LogP contribution in [-0.4, -0.2) is 11.5 Å². The zero-order chi connectivity index (χ0) is 9.15. The van der Waals surface area contributed by atoms with Gasteiger partial charge in [0, 0.05) is 11.6 Å². The molecule has 2 rings (SSSR count). The van der Waals surface area contributed by atoms with Crippen molar-refractivity contribution in [2.75, 3.05) is 6.54 Å². The highest BCUT2D eigenvalue weighted by Gasteiger charge is 2.39. The Morgan fingerprint density at radius 1 is 1.62 bits per heavy atom. The lowest BCUT2D eigenvalue weighted by Gasteiger charge is -2.41. The Labute approximate surface area is 83.4 Å². The van der Waals surface area contributed by atoms with Crippen LogP contribution in [0.5, 0.6) is 0 Å². The second-order valence-electron chi connectivity index (χ2n) is 3.70. The van der Waals surface area contributed by atoms with E-state index in [4.69, 9.17) is 0 Å². The molecule has 0 unspecified atom stereocenters. The van der Waals surface area contributed by atoms with E-state index in [0.29, 0.717) is 0 Å². The fraction of sp³-hybridized carbons (Fsp3) is 0.700. The Morgan fingerprint density at radius 3 is 2.92 bits per heavy atom. The van der Waals surface area contributed by atoms with Crippen LogP contribution in [0, 0.1) is 0 Å². The quantitative estimate of drug-likeness (QED) is 0.800. The van der Waals surface area contributed by atoms with Crippen LogP contribution in [0.25, 0.3) is 0 Å². The zero-order valence-corrected chi connectivity index (χ0v) is 8.86. The highest BCUT2D eigenvalue weighted by Crippen LogP contribution is 2.41. The monoisotopic (exact) mass is 196 g/mol. The number of aromatic nitrogens is 1. The number of rotatable bonds is 4. The molecule has 1 aliphatic carbocycles. The first kappa shape index (κ1) is 9.16. The second-order valence-corrected chi connectivity index (χ2v) is 4.59. The van der Waals surface area contributed by atoms with E-state index in [2.05, 4.69) is 22.6 Å². The maximum absolute atomic E-state index is 4.42. The first-order chi connectivity index (χ1) is 6.37. The predicted molar refractivity (Wildman–Crippen MR) is 55.9 cm³/mol. The van der Waals surface area contributed by atoms with Crippen LogP contribution in [-0.2, 0) is 5.54 Å². The minimum atomic E-state index is 0.254. The molecule has 0 spiro atoms. The third-order valence-electron chi connectivity index (χ3n) is 2.76. The molecule has 1 N–H and O–H groups in total. The number of nitrogens with zero attached hydrogens (tertiary/aromatic N) is 1. The molecule has 0 aliphatic heterocycles. The Morgan fingerprint density at radius 2 is 2.46 bits per heavy atom. The molecule has 1 saturated carbocycles. The van der Waals surface area contributed by atoms with Gasteiger partial charge < -0.3 is 5.32 Å². The maximum Gasteiger partial charge on any atom is 0.113 e. The summed E-state index contributed by atoms with van der Waals surface area (Å²) < 4.78 is 0. The molecule has 13 heavy (non-hydrogen) atoms. The fourth-order valence-corrected chi connectivity index (χ4v) is 2.69. The normalized spacial score (nSPS) is 19.8. The van der Waals surface area contributed by atoms with Crippen LogP contribution >= 0.6 is 11.3 Å². The topological polar surface area (TPSA) is 24.9 Å². The SMILES string of the molecule is CCCNC1(c2nccs2)CCC1. The van der Waals surface area contributed by atoms with Gasteiger partial charge in [-0.3, -0.25) is 0 Å². The molecule has 2 nitrogen and oxygen atoms in total. The van der Waals surface area contributed by atoms with Gasteiger partial charge in [-0.05, 0) is 32.2 Å². The van der Waals surface area contributed by atoms with Crippen LogP contribution in [0.2, 0.25) is 0 Å². The highest BCUT2D eigenvalue weighted by molar-refractivity contribution is 7.09. The molecule has 0 atom stereocenters. The minimum Gasteiger partial charge on any atom is -0.305 e. The van der Waals surface area contributed by atoms with Gasteiger partial charge >= 0.3 is 0 Å². The molecule has 1 aliphatic rings. The molecule has 1 heterocycles. The Bertz CT molecular complexity index is 252. The van der Waals surface area contributed by atoms with Gasteiger partial charge in [0.15, 0.2) is 0 Å². The molecule has 0 saturated heterocycles. The molecule has 0 radical (unpaired) electrons. The van der Waals surface area contributed by atoms with Crippen molar-refractivity contribution in [2.24, 2.45) is 0 Å². The smallest absolute Gasteiger partial charge is 0.113 e. The minimum absolute atomic E-state index is 0.254. The highest BCUT2D eigenvalue weighted by atomic mass is 32.1. The van der Waals surface area contributed by atoms with Crippen molar-refractivity contribution >= 4 is 11.3 Å². The third kappa shape index (κ3) is 1.63. The lowest BCUT2D eigenvalue weighted by molar-refractivity contribution is 0.186. The lowest BCUT2D eigenvalue weighted by Crippen LogP contribution is -2.48. The molecule has 72 valence electrons. The van der Waals surface area contributed by atoms with Crippen LogP contribution < -0.4 is 5.32 Å². The van der Waals surface area contributed by atoms with E-state index in [1.807, 2.05) is 6.20 Å². The van der Waals surface area contributed by atoms with E-state index in [1.165, 1.54) is 30.7 Å². The van der Waals surface area contributed by atoms with Gasteiger partial charge in [0.25, 0.3) is 0 Å². The Hall–Kier alpha value is -0.410. The average Bonchev–Trinajstić information content (AvgIpc) is 2.56. The largest absolute Gasteiger partial charge is 0.305 e. The number of hydrogen-bond acceptors (Lipinski definition) is 3. The summed E-state index contributed by atoms with van der Waals surface area (Å²) in [5, 5.41) is 6.99. The van der Waals surface area contributed by atoms with E-state index in [1.54, 1.807) is 11.3 Å². The third-order valence-corrected chi connectivity index (χ3v) is 3.74. The number of nitrogens with one attached hydrogen (secondary N) is 1. The molecular formula is C10H16N2S. The fourth-order valence-electron chi connectivity index (χ4n) is 1.82. The summed E-state index contributed by atoms with van der Waals surface area (Å²) in [5.41, 5.74) is 0.254. The Balaban J connectivity index is 2.07. The van der Waals surface area contributed by atoms with Crippen LogP contribution in [0.1, 0.15) is 37.6 Å². The molecule has 0 bridgehead atoms. The first-order valence-electron chi connectivity index (χ1n) is 5.02. The molecule has 3 heteroatoms. The molecule has 0 aromatic carbocycles. The van der Waals surface area contributed by atoms with Crippen molar-refractivity contribution in [1.29, 1.82) is 0 Å². The van der Waals surface area contributed by atoms with Gasteiger partial charge in [-0.15, -0.1) is 11.3 Å². The standard InChI is InChI=1S/C10H16N2S/c1-2-6-12-10(4-3-5-10)9-11-7-8-13-9/h7-8,12H,2-6H2,1H3. The van der Waals surface area contributed by atoms with Crippen LogP contribution in [0.15, 0.2) is 11.6 Å². The molecule has 1 fully saturated rings. The van der Waals surface area contributed by atoms with E-state index >= 15 is 0 Å². The summed E-state index contributed by atoms with van der Waals surface area (Å²) in [5.74, 6) is 0. The summed E-state index contributed by atoms with van der Waals surface area (Å²) in [6.07, 6.45) is 6.98.